The fourth-order valence-electron chi connectivity index (χ4n) is 3.02. The van der Waals surface area contributed by atoms with Crippen molar-refractivity contribution >= 4 is 27.5 Å². The van der Waals surface area contributed by atoms with Gasteiger partial charge in [-0.1, -0.05) is 30.3 Å². The maximum atomic E-state index is 13.0. The number of rotatable bonds is 10. The molecule has 0 aliphatic carbocycles. The lowest BCUT2D eigenvalue weighted by molar-refractivity contribution is 0.287. The summed E-state index contributed by atoms with van der Waals surface area (Å²) in [6.07, 6.45) is 0. The van der Waals surface area contributed by atoms with Gasteiger partial charge in [0.2, 0.25) is 0 Å². The fraction of sp³-hybridized carbons (Fsp3) is 0.250. The number of nitrogens with one attached hydrogen (secondary N) is 1. The van der Waals surface area contributed by atoms with Crippen LogP contribution in [0.1, 0.15) is 25.0 Å². The van der Waals surface area contributed by atoms with Crippen molar-refractivity contribution < 1.29 is 17.9 Å². The Balaban J connectivity index is 1.75. The molecule has 0 aromatic heterocycles. The predicted octanol–water partition coefficient (Wildman–Crippen LogP) is 5.89. The molecule has 0 radical (unpaired) electrons. The predicted molar refractivity (Wildman–Crippen MR) is 127 cm³/mol. The average molecular weight is 458 g/mol. The van der Waals surface area contributed by atoms with Crippen molar-refractivity contribution in [2.24, 2.45) is 0 Å². The number of anilines is 1. The number of benzene rings is 3. The normalized spacial score (nSPS) is 11.2. The Morgan fingerprint density at radius 1 is 0.871 bits per heavy atom. The lowest BCUT2D eigenvalue weighted by Crippen LogP contribution is -2.14. The Morgan fingerprint density at radius 3 is 2.26 bits per heavy atom. The first-order valence-corrected chi connectivity index (χ1v) is 12.6. The van der Waals surface area contributed by atoms with Crippen LogP contribution in [0.5, 0.6) is 11.5 Å². The molecule has 5 nitrogen and oxygen atoms in total. The molecule has 3 rings (SSSR count). The van der Waals surface area contributed by atoms with Crippen molar-refractivity contribution in [3.05, 3.63) is 77.9 Å². The van der Waals surface area contributed by atoms with Crippen molar-refractivity contribution in [3.8, 4) is 11.5 Å². The molecular formula is C24H27NO4S2. The Morgan fingerprint density at radius 2 is 1.58 bits per heavy atom. The molecule has 0 unspecified atom stereocenters. The van der Waals surface area contributed by atoms with Crippen LogP contribution in [0.25, 0.3) is 0 Å². The smallest absolute Gasteiger partial charge is 0.262 e. The summed E-state index contributed by atoms with van der Waals surface area (Å²) in [6, 6.07) is 20.6. The lowest BCUT2D eigenvalue weighted by atomic mass is 10.1. The minimum atomic E-state index is -3.77. The molecule has 3 aromatic rings. The van der Waals surface area contributed by atoms with E-state index in [1.54, 1.807) is 17.8 Å². The van der Waals surface area contributed by atoms with Gasteiger partial charge in [-0.2, -0.15) is 0 Å². The Labute approximate surface area is 188 Å². The van der Waals surface area contributed by atoms with Gasteiger partial charge < -0.3 is 9.47 Å². The van der Waals surface area contributed by atoms with Crippen LogP contribution in [0.2, 0.25) is 0 Å². The second kappa shape index (κ2) is 10.6. The Kier molecular flexibility index (Phi) is 7.87. The van der Waals surface area contributed by atoms with E-state index in [-0.39, 0.29) is 4.90 Å². The van der Waals surface area contributed by atoms with Crippen LogP contribution in [0.15, 0.2) is 76.5 Å². The standard InChI is InChI=1S/C24H27NO4S2/c1-4-28-23-14-12-21(16-24(23)29-5-2)31(26,27)25-22-13-11-19(15-18(22)3)17-30-20-9-7-6-8-10-20/h6-16,25H,4-5,17H2,1-3H3. The van der Waals surface area contributed by atoms with Gasteiger partial charge in [0.05, 0.1) is 23.8 Å². The van der Waals surface area contributed by atoms with Crippen LogP contribution in [-0.2, 0) is 15.8 Å². The Bertz CT molecular complexity index is 1120. The Hall–Kier alpha value is -2.64. The second-order valence-electron chi connectivity index (χ2n) is 6.83. The van der Waals surface area contributed by atoms with Crippen molar-refractivity contribution in [2.75, 3.05) is 17.9 Å². The molecule has 31 heavy (non-hydrogen) atoms. The van der Waals surface area contributed by atoms with E-state index in [1.165, 1.54) is 17.0 Å². The summed E-state index contributed by atoms with van der Waals surface area (Å²) in [5, 5.41) is 0. The van der Waals surface area contributed by atoms with Crippen LogP contribution >= 0.6 is 11.8 Å². The monoisotopic (exact) mass is 457 g/mol. The molecule has 0 atom stereocenters. The number of thioether (sulfide) groups is 1. The van der Waals surface area contributed by atoms with Gasteiger partial charge in [-0.3, -0.25) is 4.72 Å². The molecule has 1 N–H and O–H groups in total. The quantitative estimate of drug-likeness (QED) is 0.385. The van der Waals surface area contributed by atoms with E-state index in [9.17, 15) is 8.42 Å². The molecule has 0 aliphatic heterocycles. The average Bonchev–Trinajstić information content (AvgIpc) is 2.76. The lowest BCUT2D eigenvalue weighted by Gasteiger charge is -2.15. The van der Waals surface area contributed by atoms with E-state index in [0.717, 1.165) is 16.9 Å². The molecule has 0 amide bonds. The zero-order valence-electron chi connectivity index (χ0n) is 17.9. The van der Waals surface area contributed by atoms with E-state index in [2.05, 4.69) is 16.9 Å². The maximum absolute atomic E-state index is 13.0. The summed E-state index contributed by atoms with van der Waals surface area (Å²) in [5.41, 5.74) is 2.56. The van der Waals surface area contributed by atoms with Gasteiger partial charge in [0.1, 0.15) is 0 Å². The van der Waals surface area contributed by atoms with Crippen LogP contribution < -0.4 is 14.2 Å². The third-order valence-electron chi connectivity index (χ3n) is 4.51. The minimum absolute atomic E-state index is 0.127. The molecule has 3 aromatic carbocycles. The van der Waals surface area contributed by atoms with E-state index in [1.807, 2.05) is 57.2 Å². The van der Waals surface area contributed by atoms with Crippen LogP contribution in [-0.4, -0.2) is 21.6 Å². The molecule has 0 spiro atoms. The largest absolute Gasteiger partial charge is 0.490 e. The van der Waals surface area contributed by atoms with Gasteiger partial charge in [0, 0.05) is 16.7 Å². The highest BCUT2D eigenvalue weighted by atomic mass is 32.2. The summed E-state index contributed by atoms with van der Waals surface area (Å²) in [7, 11) is -3.77. The first-order chi connectivity index (χ1) is 14.9. The highest BCUT2D eigenvalue weighted by molar-refractivity contribution is 7.98. The summed E-state index contributed by atoms with van der Waals surface area (Å²) in [4.78, 5) is 1.33. The van der Waals surface area contributed by atoms with E-state index in [4.69, 9.17) is 9.47 Å². The van der Waals surface area contributed by atoms with Crippen molar-refractivity contribution in [3.63, 3.8) is 0 Å². The summed E-state index contributed by atoms with van der Waals surface area (Å²) in [5.74, 6) is 1.76. The first-order valence-electron chi connectivity index (χ1n) is 10.1. The number of hydrogen-bond donors (Lipinski definition) is 1. The minimum Gasteiger partial charge on any atom is -0.490 e. The number of ether oxygens (including phenoxy) is 2. The fourth-order valence-corrected chi connectivity index (χ4v) is 5.02. The third-order valence-corrected chi connectivity index (χ3v) is 6.96. The molecule has 0 heterocycles. The summed E-state index contributed by atoms with van der Waals surface area (Å²) in [6.45, 7) is 6.50. The zero-order chi connectivity index (χ0) is 22.3. The summed E-state index contributed by atoms with van der Waals surface area (Å²) >= 11 is 1.75. The van der Waals surface area contributed by atoms with Gasteiger partial charge in [0.15, 0.2) is 11.5 Å². The second-order valence-corrected chi connectivity index (χ2v) is 9.56. The van der Waals surface area contributed by atoms with Crippen LogP contribution in [0, 0.1) is 6.92 Å². The molecule has 0 saturated heterocycles. The number of hydrogen-bond acceptors (Lipinski definition) is 5. The molecule has 0 bridgehead atoms. The molecule has 7 heteroatoms. The maximum Gasteiger partial charge on any atom is 0.262 e. The van der Waals surface area contributed by atoms with Gasteiger partial charge in [-0.25, -0.2) is 8.42 Å². The first kappa shape index (κ1) is 23.0. The third kappa shape index (κ3) is 6.18. The zero-order valence-corrected chi connectivity index (χ0v) is 19.6. The highest BCUT2D eigenvalue weighted by Crippen LogP contribution is 2.32. The molecular weight excluding hydrogens is 430 g/mol. The molecule has 0 aliphatic rings. The number of sulfonamides is 1. The molecule has 0 saturated carbocycles. The molecule has 0 fully saturated rings. The number of aryl methyl sites for hydroxylation is 1. The summed E-state index contributed by atoms with van der Waals surface area (Å²) < 4.78 is 39.7. The highest BCUT2D eigenvalue weighted by Gasteiger charge is 2.18. The van der Waals surface area contributed by atoms with Gasteiger partial charge in [-0.05, 0) is 62.2 Å². The van der Waals surface area contributed by atoms with Crippen molar-refractivity contribution in [2.45, 2.75) is 36.3 Å². The van der Waals surface area contributed by atoms with Gasteiger partial charge >= 0.3 is 0 Å². The van der Waals surface area contributed by atoms with E-state index < -0.39 is 10.0 Å². The van der Waals surface area contributed by atoms with Gasteiger partial charge in [-0.15, -0.1) is 11.8 Å². The van der Waals surface area contributed by atoms with Crippen molar-refractivity contribution in [1.29, 1.82) is 0 Å². The van der Waals surface area contributed by atoms with Crippen molar-refractivity contribution in [1.82, 2.24) is 0 Å². The van der Waals surface area contributed by atoms with E-state index >= 15 is 0 Å². The van der Waals surface area contributed by atoms with Gasteiger partial charge in [0.25, 0.3) is 10.0 Å². The SMILES string of the molecule is CCOc1ccc(S(=O)(=O)Nc2ccc(CSc3ccccc3)cc2C)cc1OCC. The topological polar surface area (TPSA) is 64.6 Å². The van der Waals surface area contributed by atoms with Crippen LogP contribution in [0.3, 0.4) is 0 Å². The molecule has 164 valence electrons. The van der Waals surface area contributed by atoms with E-state index in [0.29, 0.717) is 30.4 Å². The van der Waals surface area contributed by atoms with Crippen LogP contribution in [0.4, 0.5) is 5.69 Å².